The van der Waals surface area contributed by atoms with E-state index in [0.717, 1.165) is 22.2 Å². The van der Waals surface area contributed by atoms with E-state index in [4.69, 9.17) is 9.47 Å². The molecule has 0 aliphatic carbocycles. The largest absolute Gasteiger partial charge is 0.449 e. The number of para-hydroxylation sites is 1. The fourth-order valence-electron chi connectivity index (χ4n) is 3.64. The molecule has 1 aliphatic rings. The number of nitrogens with zero attached hydrogens (tertiary/aromatic N) is 3. The van der Waals surface area contributed by atoms with Crippen molar-refractivity contribution in [3.05, 3.63) is 41.6 Å². The van der Waals surface area contributed by atoms with E-state index in [2.05, 4.69) is 10.2 Å². The number of ether oxygens (including phenoxy) is 2. The summed E-state index contributed by atoms with van der Waals surface area (Å²) < 4.78 is 12.6. The summed E-state index contributed by atoms with van der Waals surface area (Å²) in [5.41, 5.74) is 3.10. The fourth-order valence-corrected chi connectivity index (χ4v) is 3.64. The number of hydrogen-bond acceptors (Lipinski definition) is 5. The molecule has 0 spiro atoms. The molecule has 164 valence electrons. The molecule has 0 saturated heterocycles. The van der Waals surface area contributed by atoms with Gasteiger partial charge in [-0.3, -0.25) is 10.00 Å². The average Bonchev–Trinajstić information content (AvgIpc) is 3.36. The second-order valence-corrected chi connectivity index (χ2v) is 9.26. The highest BCUT2D eigenvalue weighted by Gasteiger charge is 2.32. The summed E-state index contributed by atoms with van der Waals surface area (Å²) in [6.45, 7) is 10.6. The lowest BCUT2D eigenvalue weighted by Crippen LogP contribution is -2.28. The number of aromatic amines is 1. The average molecular weight is 425 g/mol. The number of fused-ring (bicyclic) bond motifs is 2. The van der Waals surface area contributed by atoms with Crippen LogP contribution in [0.25, 0.3) is 22.3 Å². The summed E-state index contributed by atoms with van der Waals surface area (Å²) in [6, 6.07) is 9.56. The fraction of sp³-hybridized carbons (Fsp3) is 0.435. The Morgan fingerprint density at radius 3 is 2.61 bits per heavy atom. The highest BCUT2D eigenvalue weighted by molar-refractivity contribution is 5.96. The Kier molecular flexibility index (Phi) is 5.24. The van der Waals surface area contributed by atoms with Crippen molar-refractivity contribution >= 4 is 23.1 Å². The van der Waals surface area contributed by atoms with Crippen LogP contribution in [0.2, 0.25) is 0 Å². The van der Waals surface area contributed by atoms with Gasteiger partial charge in [-0.05, 0) is 38.8 Å². The molecule has 0 bridgehead atoms. The Balaban J connectivity index is 1.70. The van der Waals surface area contributed by atoms with Gasteiger partial charge in [0.1, 0.15) is 11.3 Å². The molecule has 0 fully saturated rings. The first-order valence-electron chi connectivity index (χ1n) is 10.5. The normalized spacial score (nSPS) is 13.7. The molecule has 8 heteroatoms. The van der Waals surface area contributed by atoms with Gasteiger partial charge in [0.2, 0.25) is 0 Å². The van der Waals surface area contributed by atoms with Crippen molar-refractivity contribution in [1.82, 2.24) is 19.7 Å². The lowest BCUT2D eigenvalue weighted by atomic mass is 10.1. The molecule has 3 aromatic rings. The molecule has 1 aromatic carbocycles. The number of hydrogen-bond donors (Lipinski definition) is 1. The van der Waals surface area contributed by atoms with Crippen LogP contribution in [0.15, 0.2) is 30.3 Å². The number of amides is 1. The first-order valence-corrected chi connectivity index (χ1v) is 10.5. The van der Waals surface area contributed by atoms with Crippen molar-refractivity contribution in [1.29, 1.82) is 0 Å². The maximum Gasteiger partial charge on any atom is 0.419 e. The topological polar surface area (TPSA) is 89.5 Å². The third-order valence-electron chi connectivity index (χ3n) is 4.98. The van der Waals surface area contributed by atoms with Crippen LogP contribution in [0.3, 0.4) is 0 Å². The first-order chi connectivity index (χ1) is 14.6. The number of rotatable bonds is 3. The van der Waals surface area contributed by atoms with Crippen molar-refractivity contribution < 1.29 is 19.1 Å². The van der Waals surface area contributed by atoms with E-state index >= 15 is 0 Å². The molecule has 0 unspecified atom stereocenters. The van der Waals surface area contributed by atoms with Crippen molar-refractivity contribution in [2.24, 2.45) is 5.92 Å². The van der Waals surface area contributed by atoms with Gasteiger partial charge in [-0.25, -0.2) is 14.2 Å². The molecule has 3 heterocycles. The number of benzene rings is 1. The van der Waals surface area contributed by atoms with E-state index in [1.807, 2.05) is 65.0 Å². The van der Waals surface area contributed by atoms with Crippen LogP contribution in [-0.2, 0) is 22.6 Å². The summed E-state index contributed by atoms with van der Waals surface area (Å²) in [5.74, 6) is 0.270. The maximum atomic E-state index is 13.1. The van der Waals surface area contributed by atoms with Gasteiger partial charge in [0, 0.05) is 10.9 Å². The second kappa shape index (κ2) is 7.76. The third kappa shape index (κ3) is 4.15. The minimum atomic E-state index is -0.635. The number of H-pyrrole nitrogens is 1. The molecule has 31 heavy (non-hydrogen) atoms. The van der Waals surface area contributed by atoms with Crippen LogP contribution in [0, 0.1) is 5.92 Å². The van der Waals surface area contributed by atoms with Gasteiger partial charge in [0.25, 0.3) is 0 Å². The Morgan fingerprint density at radius 2 is 1.90 bits per heavy atom. The Bertz CT molecular complexity index is 1140. The third-order valence-corrected chi connectivity index (χ3v) is 4.98. The van der Waals surface area contributed by atoms with Gasteiger partial charge >= 0.3 is 12.2 Å². The highest BCUT2D eigenvalue weighted by Crippen LogP contribution is 2.35. The van der Waals surface area contributed by atoms with E-state index < -0.39 is 11.7 Å². The number of aromatic nitrogens is 3. The van der Waals surface area contributed by atoms with Crippen LogP contribution in [-0.4, -0.2) is 44.1 Å². The molecule has 2 aromatic heterocycles. The molecule has 0 radical (unpaired) electrons. The van der Waals surface area contributed by atoms with Gasteiger partial charge < -0.3 is 9.47 Å². The number of carbonyl (C=O) groups excluding carboxylic acids is 2. The van der Waals surface area contributed by atoms with Gasteiger partial charge in [0.15, 0.2) is 0 Å². The monoisotopic (exact) mass is 424 g/mol. The van der Waals surface area contributed by atoms with Gasteiger partial charge in [-0.2, -0.15) is 5.10 Å². The zero-order chi connectivity index (χ0) is 22.3. The summed E-state index contributed by atoms with van der Waals surface area (Å²) in [5, 5.41) is 8.42. The lowest BCUT2D eigenvalue weighted by Gasteiger charge is -2.21. The van der Waals surface area contributed by atoms with Gasteiger partial charge in [0.05, 0.1) is 36.6 Å². The maximum absolute atomic E-state index is 13.1. The number of carbonyl (C=O) groups is 2. The van der Waals surface area contributed by atoms with Crippen LogP contribution < -0.4 is 0 Å². The van der Waals surface area contributed by atoms with E-state index in [-0.39, 0.29) is 12.0 Å². The number of nitrogens with one attached hydrogen (secondary N) is 1. The smallest absolute Gasteiger partial charge is 0.419 e. The summed E-state index contributed by atoms with van der Waals surface area (Å²) in [6.07, 6.45) is -0.816. The Hall–Kier alpha value is -3.29. The zero-order valence-electron chi connectivity index (χ0n) is 18.6. The van der Waals surface area contributed by atoms with Crippen LogP contribution >= 0.6 is 0 Å². The van der Waals surface area contributed by atoms with Crippen molar-refractivity contribution in [2.75, 3.05) is 6.61 Å². The van der Waals surface area contributed by atoms with Gasteiger partial charge in [-0.15, -0.1) is 0 Å². The standard InChI is InChI=1S/C23H28N4O4/c1-14(2)13-30-21(28)26-11-16-17(12-26)24-25-20(16)19-10-15-8-6-7-9-18(15)27(19)22(29)31-23(3,4)5/h6-10,14H,11-13H2,1-5H3,(H,24,25). The summed E-state index contributed by atoms with van der Waals surface area (Å²) in [4.78, 5) is 27.2. The highest BCUT2D eigenvalue weighted by atomic mass is 16.6. The molecule has 0 atom stereocenters. The van der Waals surface area contributed by atoms with Crippen LogP contribution in [0.4, 0.5) is 9.59 Å². The molecule has 8 nitrogen and oxygen atoms in total. The molecule has 0 saturated carbocycles. The van der Waals surface area contributed by atoms with Crippen molar-refractivity contribution in [2.45, 2.75) is 53.3 Å². The predicted octanol–water partition coefficient (Wildman–Crippen LogP) is 4.92. The first kappa shape index (κ1) is 21.0. The minimum Gasteiger partial charge on any atom is -0.449 e. The van der Waals surface area contributed by atoms with E-state index in [9.17, 15) is 9.59 Å². The summed E-state index contributed by atoms with van der Waals surface area (Å²) in [7, 11) is 0. The zero-order valence-corrected chi connectivity index (χ0v) is 18.6. The lowest BCUT2D eigenvalue weighted by molar-refractivity contribution is 0.0547. The Morgan fingerprint density at radius 1 is 1.16 bits per heavy atom. The van der Waals surface area contributed by atoms with Crippen LogP contribution in [0.5, 0.6) is 0 Å². The molecular formula is C23H28N4O4. The molecule has 1 N–H and O–H groups in total. The molecular weight excluding hydrogens is 396 g/mol. The molecule has 1 aliphatic heterocycles. The quantitative estimate of drug-likeness (QED) is 0.644. The van der Waals surface area contributed by atoms with Crippen LogP contribution in [0.1, 0.15) is 45.9 Å². The van der Waals surface area contributed by atoms with Crippen molar-refractivity contribution in [3.63, 3.8) is 0 Å². The summed E-state index contributed by atoms with van der Waals surface area (Å²) >= 11 is 0. The van der Waals surface area contributed by atoms with E-state index in [1.165, 1.54) is 0 Å². The van der Waals surface area contributed by atoms with Gasteiger partial charge in [-0.1, -0.05) is 32.0 Å². The molecule has 1 amide bonds. The second-order valence-electron chi connectivity index (χ2n) is 9.26. The van der Waals surface area contributed by atoms with Crippen molar-refractivity contribution in [3.8, 4) is 11.4 Å². The SMILES string of the molecule is CC(C)COC(=O)N1Cc2[nH]nc(-c3cc4ccccc4n3C(=O)OC(C)(C)C)c2C1. The minimum absolute atomic E-state index is 0.270. The molecule has 4 rings (SSSR count). The Labute approximate surface area is 181 Å². The van der Waals surface area contributed by atoms with E-state index in [1.54, 1.807) is 9.47 Å². The predicted molar refractivity (Wildman–Crippen MR) is 117 cm³/mol. The van der Waals surface area contributed by atoms with E-state index in [0.29, 0.717) is 31.1 Å².